The summed E-state index contributed by atoms with van der Waals surface area (Å²) in [5.74, 6) is 1.37. The highest BCUT2D eigenvalue weighted by atomic mass is 79.9. The monoisotopic (exact) mass is 306 g/mol. The maximum Gasteiger partial charge on any atom is 0.233 e. The number of hydrogen-bond acceptors (Lipinski definition) is 3. The predicted octanol–water partition coefficient (Wildman–Crippen LogP) is 3.66. The Kier molecular flexibility index (Phi) is 4.33. The molecule has 4 heteroatoms. The number of nitrogens with one attached hydrogen (secondary N) is 1. The van der Waals surface area contributed by atoms with Gasteiger partial charge in [0.2, 0.25) is 5.88 Å². The Labute approximate surface area is 115 Å². The molecule has 2 aromatic rings. The zero-order chi connectivity index (χ0) is 13.0. The molecule has 1 aromatic heterocycles. The van der Waals surface area contributed by atoms with Crippen molar-refractivity contribution in [1.82, 2.24) is 10.3 Å². The van der Waals surface area contributed by atoms with E-state index in [0.29, 0.717) is 5.88 Å². The van der Waals surface area contributed by atoms with Gasteiger partial charge in [0.05, 0.1) is 4.47 Å². The number of halogens is 1. The summed E-state index contributed by atoms with van der Waals surface area (Å²) in [4.78, 5) is 4.25. The Morgan fingerprint density at radius 1 is 1.28 bits per heavy atom. The van der Waals surface area contributed by atoms with Gasteiger partial charge in [0.15, 0.2) is 0 Å². The van der Waals surface area contributed by atoms with E-state index in [9.17, 15) is 0 Å². The van der Waals surface area contributed by atoms with Crippen LogP contribution < -0.4 is 10.1 Å². The minimum atomic E-state index is 0.585. The highest BCUT2D eigenvalue weighted by Gasteiger charge is 2.04. The molecular formula is C14H15BrN2O. The van der Waals surface area contributed by atoms with Crippen LogP contribution in [0.1, 0.15) is 11.1 Å². The van der Waals surface area contributed by atoms with E-state index in [2.05, 4.69) is 26.2 Å². The van der Waals surface area contributed by atoms with Crippen LogP contribution in [0.2, 0.25) is 0 Å². The van der Waals surface area contributed by atoms with Crippen molar-refractivity contribution < 1.29 is 4.74 Å². The summed E-state index contributed by atoms with van der Waals surface area (Å²) in [5, 5.41) is 3.11. The van der Waals surface area contributed by atoms with Crippen LogP contribution in [-0.2, 0) is 6.54 Å². The molecule has 0 atom stereocenters. The van der Waals surface area contributed by atoms with E-state index in [-0.39, 0.29) is 0 Å². The molecule has 0 saturated carbocycles. The lowest BCUT2D eigenvalue weighted by Crippen LogP contribution is -2.04. The first-order valence-corrected chi connectivity index (χ1v) is 6.52. The molecule has 1 N–H and O–H groups in total. The molecule has 0 saturated heterocycles. The fourth-order valence-electron chi connectivity index (χ4n) is 1.59. The number of aromatic nitrogens is 1. The fourth-order valence-corrected chi connectivity index (χ4v) is 2.13. The van der Waals surface area contributed by atoms with Gasteiger partial charge in [0.1, 0.15) is 5.75 Å². The Balaban J connectivity index is 2.13. The molecule has 2 rings (SSSR count). The molecular weight excluding hydrogens is 292 g/mol. The molecule has 0 amide bonds. The molecule has 0 spiro atoms. The molecule has 3 nitrogen and oxygen atoms in total. The van der Waals surface area contributed by atoms with Crippen LogP contribution in [0.25, 0.3) is 0 Å². The number of hydrogen-bond donors (Lipinski definition) is 1. The first kappa shape index (κ1) is 13.1. The van der Waals surface area contributed by atoms with Crippen LogP contribution in [0.3, 0.4) is 0 Å². The maximum atomic E-state index is 5.72. The van der Waals surface area contributed by atoms with Gasteiger partial charge in [-0.2, -0.15) is 0 Å². The lowest BCUT2D eigenvalue weighted by atomic mass is 10.2. The van der Waals surface area contributed by atoms with Crippen molar-refractivity contribution in [2.45, 2.75) is 13.5 Å². The quantitative estimate of drug-likeness (QED) is 0.936. The van der Waals surface area contributed by atoms with Gasteiger partial charge in [-0.25, -0.2) is 4.98 Å². The fraction of sp³-hybridized carbons (Fsp3) is 0.214. The third-order valence-corrected chi connectivity index (χ3v) is 3.03. The Bertz CT molecular complexity index is 526. The van der Waals surface area contributed by atoms with Crippen LogP contribution >= 0.6 is 15.9 Å². The minimum absolute atomic E-state index is 0.585. The average Bonchev–Trinajstić information content (AvgIpc) is 2.35. The topological polar surface area (TPSA) is 34.1 Å². The molecule has 0 bridgehead atoms. The van der Waals surface area contributed by atoms with Crippen molar-refractivity contribution in [3.8, 4) is 11.6 Å². The second kappa shape index (κ2) is 5.98. The Morgan fingerprint density at radius 2 is 2.00 bits per heavy atom. The second-order valence-corrected chi connectivity index (χ2v) is 4.93. The average molecular weight is 307 g/mol. The second-order valence-electron chi connectivity index (χ2n) is 4.08. The van der Waals surface area contributed by atoms with Gasteiger partial charge in [-0.05, 0) is 59.2 Å². The van der Waals surface area contributed by atoms with Crippen molar-refractivity contribution in [1.29, 1.82) is 0 Å². The highest BCUT2D eigenvalue weighted by molar-refractivity contribution is 9.10. The first-order chi connectivity index (χ1) is 8.69. The van der Waals surface area contributed by atoms with Gasteiger partial charge in [-0.15, -0.1) is 0 Å². The third-order valence-electron chi connectivity index (χ3n) is 2.46. The molecule has 0 aliphatic heterocycles. The minimum Gasteiger partial charge on any atom is -0.438 e. The molecule has 0 aliphatic rings. The summed E-state index contributed by atoms with van der Waals surface area (Å²) in [6.07, 6.45) is 1.79. The van der Waals surface area contributed by atoms with Crippen LogP contribution in [0, 0.1) is 6.92 Å². The Hall–Kier alpha value is -1.39. The van der Waals surface area contributed by atoms with Gasteiger partial charge in [-0.3, -0.25) is 0 Å². The zero-order valence-corrected chi connectivity index (χ0v) is 12.0. The summed E-state index contributed by atoms with van der Waals surface area (Å²) in [6.45, 7) is 2.85. The number of benzene rings is 1. The lowest BCUT2D eigenvalue weighted by Gasteiger charge is -2.08. The number of nitrogens with zero attached hydrogens (tertiary/aromatic N) is 1. The number of pyridine rings is 1. The number of rotatable bonds is 4. The van der Waals surface area contributed by atoms with Crippen molar-refractivity contribution in [3.05, 3.63) is 52.1 Å². The number of ether oxygens (including phenoxy) is 1. The van der Waals surface area contributed by atoms with Gasteiger partial charge < -0.3 is 10.1 Å². The van der Waals surface area contributed by atoms with Gasteiger partial charge >= 0.3 is 0 Å². The largest absolute Gasteiger partial charge is 0.438 e. The van der Waals surface area contributed by atoms with E-state index in [1.807, 2.05) is 44.3 Å². The van der Waals surface area contributed by atoms with Crippen molar-refractivity contribution >= 4 is 15.9 Å². The molecule has 94 valence electrons. The third kappa shape index (κ3) is 3.31. The predicted molar refractivity (Wildman–Crippen MR) is 76.0 cm³/mol. The van der Waals surface area contributed by atoms with Gasteiger partial charge in [-0.1, -0.05) is 12.1 Å². The van der Waals surface area contributed by atoms with Crippen molar-refractivity contribution in [2.24, 2.45) is 0 Å². The molecule has 0 fully saturated rings. The lowest BCUT2D eigenvalue weighted by molar-refractivity contribution is 0.459. The summed E-state index contributed by atoms with van der Waals surface area (Å²) in [5.41, 5.74) is 2.32. The number of aryl methyl sites for hydroxylation is 1. The van der Waals surface area contributed by atoms with Crippen molar-refractivity contribution in [2.75, 3.05) is 7.05 Å². The van der Waals surface area contributed by atoms with Crippen molar-refractivity contribution in [3.63, 3.8) is 0 Å². The van der Waals surface area contributed by atoms with Crippen LogP contribution in [0.4, 0.5) is 0 Å². The SMILES string of the molecule is CNCc1ccc(Oc2ncc(C)cc2Br)cc1. The molecule has 0 unspecified atom stereocenters. The van der Waals surface area contributed by atoms with E-state index < -0.39 is 0 Å². The van der Waals surface area contributed by atoms with Crippen LogP contribution in [0.5, 0.6) is 11.6 Å². The smallest absolute Gasteiger partial charge is 0.233 e. The molecule has 1 aromatic carbocycles. The van der Waals surface area contributed by atoms with Crippen LogP contribution in [0.15, 0.2) is 41.0 Å². The van der Waals surface area contributed by atoms with E-state index in [1.54, 1.807) is 6.20 Å². The van der Waals surface area contributed by atoms with Gasteiger partial charge in [0.25, 0.3) is 0 Å². The Morgan fingerprint density at radius 3 is 2.61 bits per heavy atom. The summed E-state index contributed by atoms with van der Waals surface area (Å²) < 4.78 is 6.58. The molecule has 0 radical (unpaired) electrons. The summed E-state index contributed by atoms with van der Waals surface area (Å²) in [6, 6.07) is 9.95. The normalized spacial score (nSPS) is 10.4. The van der Waals surface area contributed by atoms with E-state index in [1.165, 1.54) is 5.56 Å². The van der Waals surface area contributed by atoms with E-state index in [0.717, 1.165) is 22.3 Å². The maximum absolute atomic E-state index is 5.72. The molecule has 18 heavy (non-hydrogen) atoms. The van der Waals surface area contributed by atoms with Gasteiger partial charge in [0, 0.05) is 12.7 Å². The van der Waals surface area contributed by atoms with E-state index >= 15 is 0 Å². The first-order valence-electron chi connectivity index (χ1n) is 5.72. The summed E-state index contributed by atoms with van der Waals surface area (Å²) >= 11 is 3.45. The summed E-state index contributed by atoms with van der Waals surface area (Å²) in [7, 11) is 1.93. The van der Waals surface area contributed by atoms with E-state index in [4.69, 9.17) is 4.74 Å². The van der Waals surface area contributed by atoms with Crippen LogP contribution in [-0.4, -0.2) is 12.0 Å². The molecule has 0 aliphatic carbocycles. The molecule has 1 heterocycles. The highest BCUT2D eigenvalue weighted by Crippen LogP contribution is 2.27. The zero-order valence-electron chi connectivity index (χ0n) is 10.4. The standard InChI is InChI=1S/C14H15BrN2O/c1-10-7-13(15)14(17-8-10)18-12-5-3-11(4-6-12)9-16-2/h3-8,16H,9H2,1-2H3.